The van der Waals surface area contributed by atoms with Crippen molar-refractivity contribution in [2.45, 2.75) is 10.6 Å². The summed E-state index contributed by atoms with van der Waals surface area (Å²) < 4.78 is 14.7. The molecule has 0 fully saturated rings. The fraction of sp³-hybridized carbons (Fsp3) is 0.133. The molecule has 1 aliphatic rings. The normalized spacial score (nSPS) is 12.1. The summed E-state index contributed by atoms with van der Waals surface area (Å²) in [6.45, 7) is 0.971. The quantitative estimate of drug-likeness (QED) is 0.178. The van der Waals surface area contributed by atoms with Crippen LogP contribution in [0.2, 0.25) is 10.6 Å². The molecule has 1 aliphatic carbocycles. The Kier molecular flexibility index (Phi) is 8.00. The Balaban J connectivity index is 1.30. The van der Waals surface area contributed by atoms with Gasteiger partial charge in [0.15, 0.2) is 0 Å². The van der Waals surface area contributed by atoms with E-state index in [1.54, 1.807) is 36.4 Å². The second kappa shape index (κ2) is 11.7. The van der Waals surface area contributed by atoms with Crippen molar-refractivity contribution in [2.75, 3.05) is 13.2 Å². The first-order valence-corrected chi connectivity index (χ1v) is 15.8. The molecule has 0 radical (unpaired) electrons. The molecule has 5 rings (SSSR count). The van der Waals surface area contributed by atoms with Gasteiger partial charge in [-0.3, -0.25) is 0 Å². The Morgan fingerprint density at radius 2 is 0.944 bits per heavy atom. The van der Waals surface area contributed by atoms with Gasteiger partial charge in [-0.15, -0.1) is 0 Å². The summed E-state index contributed by atoms with van der Waals surface area (Å²) in [6.07, 6.45) is 0. The van der Waals surface area contributed by atoms with E-state index in [4.69, 9.17) is 9.47 Å². The number of ketones is 2. The van der Waals surface area contributed by atoms with Crippen LogP contribution in [0.25, 0.3) is 0 Å². The molecule has 0 bridgehead atoms. The molecule has 180 valence electrons. The fourth-order valence-corrected chi connectivity index (χ4v) is 7.23. The maximum atomic E-state index is 13.7. The number of hydrogen-bond acceptors (Lipinski definition) is 4. The van der Waals surface area contributed by atoms with Crippen LogP contribution in [-0.4, -0.2) is 54.7 Å². The van der Waals surface area contributed by atoms with Crippen molar-refractivity contribution >= 4 is 50.4 Å². The van der Waals surface area contributed by atoms with E-state index in [-0.39, 0.29) is 41.5 Å². The van der Waals surface area contributed by atoms with E-state index in [9.17, 15) is 9.59 Å². The van der Waals surface area contributed by atoms with Crippen LogP contribution >= 0.6 is 0 Å². The van der Waals surface area contributed by atoms with Gasteiger partial charge in [-0.2, -0.15) is 0 Å². The molecule has 0 unspecified atom stereocenters. The van der Waals surface area contributed by atoms with Crippen LogP contribution in [0, 0.1) is 0 Å². The molecule has 4 nitrogen and oxygen atoms in total. The Hall–Kier alpha value is -3.14. The van der Waals surface area contributed by atoms with Crippen molar-refractivity contribution < 1.29 is 19.1 Å². The number of fused-ring (bicyclic) bond motifs is 2. The first-order valence-electron chi connectivity index (χ1n) is 11.7. The van der Waals surface area contributed by atoms with Crippen molar-refractivity contribution in [3.8, 4) is 11.5 Å². The zero-order valence-corrected chi connectivity index (χ0v) is 22.9. The average Bonchev–Trinajstić information content (AvgIpc) is 2.93. The van der Waals surface area contributed by atoms with Gasteiger partial charge < -0.3 is 0 Å². The van der Waals surface area contributed by atoms with Gasteiger partial charge >= 0.3 is 224 Å². The standard InChI is InChI=1S/C30H24O4Se2/c31-29-23-13-7-15-25(33-17-19-35-21-9-3-1-4-10-21)27(23)30(32)28-24(29)14-8-16-26(28)34-18-20-36-22-11-5-2-6-12-22/h1-16H,17-20H2. The van der Waals surface area contributed by atoms with Crippen LogP contribution < -0.4 is 18.4 Å². The molecule has 0 saturated heterocycles. The third kappa shape index (κ3) is 5.48. The fourth-order valence-electron chi connectivity index (χ4n) is 4.08. The van der Waals surface area contributed by atoms with E-state index in [1.807, 2.05) is 36.4 Å². The molecule has 0 saturated carbocycles. The molecule has 0 amide bonds. The predicted octanol–water partition coefficient (Wildman–Crippen LogP) is 4.12. The minimum absolute atomic E-state index is 0.169. The molecule has 0 spiro atoms. The van der Waals surface area contributed by atoms with E-state index < -0.39 is 0 Å². The van der Waals surface area contributed by atoms with Crippen LogP contribution in [0.5, 0.6) is 11.5 Å². The number of carbonyl (C=O) groups is 2. The summed E-state index contributed by atoms with van der Waals surface area (Å²) in [5.41, 5.74) is 1.46. The second-order valence-corrected chi connectivity index (χ2v) is 12.9. The van der Waals surface area contributed by atoms with Crippen molar-refractivity contribution in [2.24, 2.45) is 0 Å². The van der Waals surface area contributed by atoms with Crippen molar-refractivity contribution in [1.82, 2.24) is 0 Å². The zero-order chi connectivity index (χ0) is 24.7. The first kappa shape index (κ1) is 24.5. The Labute approximate surface area is 223 Å². The summed E-state index contributed by atoms with van der Waals surface area (Å²) in [5, 5.41) is 1.74. The maximum absolute atomic E-state index is 13.7. The molecule has 0 aromatic heterocycles. The van der Waals surface area contributed by atoms with Crippen LogP contribution in [0.3, 0.4) is 0 Å². The van der Waals surface area contributed by atoms with Crippen molar-refractivity contribution in [1.29, 1.82) is 0 Å². The van der Waals surface area contributed by atoms with E-state index in [2.05, 4.69) is 24.3 Å². The summed E-state index contributed by atoms with van der Waals surface area (Å²) in [4.78, 5) is 27.0. The molecule has 0 heterocycles. The van der Waals surface area contributed by atoms with Crippen LogP contribution in [0.15, 0.2) is 97.1 Å². The van der Waals surface area contributed by atoms with Gasteiger partial charge in [-0.1, -0.05) is 0 Å². The molecular weight excluding hydrogens is 582 g/mol. The third-order valence-corrected chi connectivity index (χ3v) is 9.80. The minimum atomic E-state index is -0.215. The summed E-state index contributed by atoms with van der Waals surface area (Å²) in [7, 11) is 0. The van der Waals surface area contributed by atoms with Gasteiger partial charge in [0, 0.05) is 0 Å². The monoisotopic (exact) mass is 608 g/mol. The predicted molar refractivity (Wildman–Crippen MR) is 144 cm³/mol. The zero-order valence-electron chi connectivity index (χ0n) is 19.5. The van der Waals surface area contributed by atoms with Gasteiger partial charge in [0.2, 0.25) is 0 Å². The summed E-state index contributed by atoms with van der Waals surface area (Å²) in [5.74, 6) is 0.538. The molecule has 6 heteroatoms. The second-order valence-electron chi connectivity index (χ2n) is 8.04. The Bertz CT molecular complexity index is 1270. The van der Waals surface area contributed by atoms with Crippen molar-refractivity contribution in [3.63, 3.8) is 0 Å². The summed E-state index contributed by atoms with van der Waals surface area (Å²) in [6, 6.07) is 31.1. The number of carbonyl (C=O) groups excluding carboxylic acids is 2. The number of rotatable bonds is 10. The molecule has 0 aliphatic heterocycles. The average molecular weight is 606 g/mol. The molecule has 36 heavy (non-hydrogen) atoms. The van der Waals surface area contributed by atoms with Gasteiger partial charge in [0.25, 0.3) is 0 Å². The SMILES string of the molecule is O=C1c2cccc(OCC[Se]c3ccccc3)c2C(=O)c2c(OCC[Se]c3ccccc3)cccc21. The first-order chi connectivity index (χ1) is 17.7. The number of ether oxygens (including phenoxy) is 2. The van der Waals surface area contributed by atoms with E-state index in [0.29, 0.717) is 47.0 Å². The van der Waals surface area contributed by atoms with Crippen LogP contribution in [0.1, 0.15) is 31.8 Å². The Morgan fingerprint density at radius 1 is 0.500 bits per heavy atom. The van der Waals surface area contributed by atoms with Gasteiger partial charge in [0.1, 0.15) is 0 Å². The summed E-state index contributed by atoms with van der Waals surface area (Å²) >= 11 is 0.565. The van der Waals surface area contributed by atoms with Crippen LogP contribution in [0.4, 0.5) is 0 Å². The third-order valence-electron chi connectivity index (χ3n) is 5.70. The van der Waals surface area contributed by atoms with E-state index in [0.717, 1.165) is 10.6 Å². The Morgan fingerprint density at radius 3 is 1.39 bits per heavy atom. The molecule has 4 aromatic carbocycles. The molecule has 4 aromatic rings. The molecule has 0 N–H and O–H groups in total. The number of benzene rings is 4. The van der Waals surface area contributed by atoms with Crippen LogP contribution in [-0.2, 0) is 0 Å². The number of hydrogen-bond donors (Lipinski definition) is 0. The molecular formula is C30H24O4Se2. The van der Waals surface area contributed by atoms with Gasteiger partial charge in [-0.25, -0.2) is 0 Å². The van der Waals surface area contributed by atoms with Gasteiger partial charge in [0.05, 0.1) is 0 Å². The van der Waals surface area contributed by atoms with E-state index >= 15 is 0 Å². The topological polar surface area (TPSA) is 52.6 Å². The molecule has 0 atom stereocenters. The van der Waals surface area contributed by atoms with Crippen molar-refractivity contribution in [3.05, 3.63) is 119 Å². The van der Waals surface area contributed by atoms with Gasteiger partial charge in [-0.05, 0) is 0 Å². The van der Waals surface area contributed by atoms with E-state index in [1.165, 1.54) is 8.92 Å².